The molecular weight excluding hydrogens is 180 g/mol. The molecule has 0 aromatic rings. The van der Waals surface area contributed by atoms with Crippen molar-refractivity contribution in [2.45, 2.75) is 49.9 Å². The quantitative estimate of drug-likeness (QED) is 0.522. The highest BCUT2D eigenvalue weighted by molar-refractivity contribution is 7.03. The molecule has 0 spiro atoms. The van der Waals surface area contributed by atoms with Crippen LogP contribution >= 0.6 is 0 Å². The van der Waals surface area contributed by atoms with E-state index in [0.717, 1.165) is 0 Å². The summed E-state index contributed by atoms with van der Waals surface area (Å²) in [6, 6.07) is 6.77. The molecule has 0 nitrogen and oxygen atoms in total. The molecular formula is C8H16Si3. The maximum Gasteiger partial charge on any atom is 0.0246 e. The summed E-state index contributed by atoms with van der Waals surface area (Å²) in [5, 5.41) is 0. The average Bonchev–Trinajstić information content (AvgIpc) is 2.60. The Hall–Kier alpha value is 0.651. The van der Waals surface area contributed by atoms with E-state index in [2.05, 4.69) is 0 Å². The van der Waals surface area contributed by atoms with E-state index in [1.807, 2.05) is 0 Å². The Morgan fingerprint density at radius 3 is 1.36 bits per heavy atom. The lowest BCUT2D eigenvalue weighted by Crippen LogP contribution is -2.03. The fraction of sp³-hybridized carbons (Fsp3) is 1.00. The van der Waals surface area contributed by atoms with Crippen LogP contribution < -0.4 is 0 Å². The van der Waals surface area contributed by atoms with Gasteiger partial charge >= 0.3 is 0 Å². The second kappa shape index (κ2) is 4.05. The van der Waals surface area contributed by atoms with Crippen LogP contribution in [0.3, 0.4) is 0 Å². The van der Waals surface area contributed by atoms with Crippen LogP contribution in [0.2, 0.25) is 24.2 Å². The van der Waals surface area contributed by atoms with Gasteiger partial charge in [0.2, 0.25) is 0 Å². The van der Waals surface area contributed by atoms with Crippen LogP contribution in [0.4, 0.5) is 0 Å². The molecule has 2 fully saturated rings. The van der Waals surface area contributed by atoms with E-state index in [-0.39, 0.29) is 15.8 Å². The smallest absolute Gasteiger partial charge is 0.0246 e. The summed E-state index contributed by atoms with van der Waals surface area (Å²) in [5.74, 6) is 0. The molecule has 0 bridgehead atoms. The predicted molar refractivity (Wildman–Crippen MR) is 55.0 cm³/mol. The van der Waals surface area contributed by atoms with Gasteiger partial charge in [-0.25, -0.2) is 0 Å². The molecule has 3 heteroatoms. The van der Waals surface area contributed by atoms with Gasteiger partial charge in [0.1, 0.15) is 0 Å². The zero-order valence-electron chi connectivity index (χ0n) is 7.16. The topological polar surface area (TPSA) is 0 Å². The third-order valence-electron chi connectivity index (χ3n) is 2.77. The summed E-state index contributed by atoms with van der Waals surface area (Å²) < 4.78 is 0. The lowest BCUT2D eigenvalue weighted by molar-refractivity contribution is 0.935. The van der Waals surface area contributed by atoms with Crippen LogP contribution in [0.1, 0.15) is 25.7 Å². The molecule has 0 aromatic heterocycles. The molecule has 60 valence electrons. The standard InChI is InChI=1S/C8H16Si3/c1-2-6-10(5-1)9-11-7-3-4-8-11/h1-8H2. The zero-order valence-corrected chi connectivity index (χ0v) is 10.2. The van der Waals surface area contributed by atoms with Gasteiger partial charge in [-0.15, -0.1) is 0 Å². The van der Waals surface area contributed by atoms with Gasteiger partial charge in [0.25, 0.3) is 0 Å². The minimum Gasteiger partial charge on any atom is -0.0981 e. The van der Waals surface area contributed by atoms with Gasteiger partial charge in [0.05, 0.1) is 0 Å². The number of hydrogen-bond acceptors (Lipinski definition) is 0. The second-order valence-electron chi connectivity index (χ2n) is 3.75. The van der Waals surface area contributed by atoms with Gasteiger partial charge in [-0.3, -0.25) is 0 Å². The summed E-state index contributed by atoms with van der Waals surface area (Å²) in [6.45, 7) is 0. The molecule has 2 heterocycles. The van der Waals surface area contributed by atoms with Crippen molar-refractivity contribution in [1.29, 1.82) is 0 Å². The minimum absolute atomic E-state index is 0.278. The first kappa shape index (κ1) is 8.26. The van der Waals surface area contributed by atoms with Gasteiger partial charge < -0.3 is 0 Å². The maximum absolute atomic E-state index is 1.69. The third kappa shape index (κ3) is 2.29. The highest BCUT2D eigenvalue weighted by Gasteiger charge is 2.09. The van der Waals surface area contributed by atoms with Gasteiger partial charge in [-0.1, -0.05) is 33.4 Å². The first-order chi connectivity index (χ1) is 5.45. The number of rotatable bonds is 0. The lowest BCUT2D eigenvalue weighted by atomic mass is 10.4. The second-order valence-corrected chi connectivity index (χ2v) is 15.7. The summed E-state index contributed by atoms with van der Waals surface area (Å²) >= 11 is 0. The molecule has 2 saturated heterocycles. The molecule has 0 radical (unpaired) electrons. The minimum atomic E-state index is 0.278. The maximum atomic E-state index is 1.69. The largest absolute Gasteiger partial charge is 0.0981 e. The Morgan fingerprint density at radius 1 is 0.636 bits per heavy atom. The summed E-state index contributed by atoms with van der Waals surface area (Å²) in [5.41, 5.74) is 0. The highest BCUT2D eigenvalue weighted by atomic mass is 29.1. The molecule has 0 saturated carbocycles. The van der Waals surface area contributed by atoms with Gasteiger partial charge in [-0.05, 0) is 24.2 Å². The van der Waals surface area contributed by atoms with Crippen molar-refractivity contribution < 1.29 is 0 Å². The van der Waals surface area contributed by atoms with E-state index in [1.165, 1.54) is 0 Å². The van der Waals surface area contributed by atoms with Crippen LogP contribution in [0.5, 0.6) is 0 Å². The fourth-order valence-electron chi connectivity index (χ4n) is 2.10. The zero-order chi connectivity index (χ0) is 7.52. The molecule has 2 aliphatic rings. The average molecular weight is 196 g/mol. The van der Waals surface area contributed by atoms with Crippen LogP contribution in [-0.4, -0.2) is 23.5 Å². The van der Waals surface area contributed by atoms with E-state index < -0.39 is 0 Å². The Bertz CT molecular complexity index is 177. The van der Waals surface area contributed by atoms with Crippen molar-refractivity contribution in [1.82, 2.24) is 0 Å². The van der Waals surface area contributed by atoms with E-state index in [0.29, 0.717) is 0 Å². The molecule has 2 aliphatic heterocycles. The van der Waals surface area contributed by atoms with Crippen molar-refractivity contribution in [2.24, 2.45) is 0 Å². The van der Waals surface area contributed by atoms with Crippen molar-refractivity contribution in [2.75, 3.05) is 0 Å². The Kier molecular flexibility index (Phi) is 3.04. The fourth-order valence-corrected chi connectivity index (χ4v) is 20.4. The number of hydrogen-bond donors (Lipinski definition) is 0. The van der Waals surface area contributed by atoms with E-state index >= 15 is 0 Å². The highest BCUT2D eigenvalue weighted by Crippen LogP contribution is 2.16. The van der Waals surface area contributed by atoms with Crippen molar-refractivity contribution in [3.05, 3.63) is 0 Å². The van der Waals surface area contributed by atoms with Crippen LogP contribution in [0.25, 0.3) is 0 Å². The van der Waals surface area contributed by atoms with E-state index in [9.17, 15) is 0 Å². The summed E-state index contributed by atoms with van der Waals surface area (Å²) in [4.78, 5) is 0. The molecule has 0 amide bonds. The van der Waals surface area contributed by atoms with Gasteiger partial charge in [-0.2, -0.15) is 0 Å². The molecule has 0 aromatic carbocycles. The van der Waals surface area contributed by atoms with Crippen molar-refractivity contribution in [3.8, 4) is 0 Å². The summed E-state index contributed by atoms with van der Waals surface area (Å²) in [7, 11) is 2.10. The lowest BCUT2D eigenvalue weighted by Gasteiger charge is -1.88. The first-order valence-corrected chi connectivity index (χ1v) is 11.7. The molecule has 0 unspecified atom stereocenters. The monoisotopic (exact) mass is 196 g/mol. The molecule has 0 aliphatic carbocycles. The van der Waals surface area contributed by atoms with Crippen LogP contribution in [0.15, 0.2) is 0 Å². The SMILES string of the molecule is C1CC[Si](=[Si]=[Si]2CCCC2)C1. The van der Waals surface area contributed by atoms with Gasteiger partial charge in [0, 0.05) is 15.8 Å². The third-order valence-corrected chi connectivity index (χ3v) is 18.8. The van der Waals surface area contributed by atoms with Gasteiger partial charge in [0.15, 0.2) is 0 Å². The first-order valence-electron chi connectivity index (χ1n) is 4.91. The summed E-state index contributed by atoms with van der Waals surface area (Å²) in [6.07, 6.45) is 6.37. The predicted octanol–water partition coefficient (Wildman–Crippen LogP) is 2.26. The molecule has 2 rings (SSSR count). The Morgan fingerprint density at radius 2 is 1.00 bits per heavy atom. The van der Waals surface area contributed by atoms with Crippen molar-refractivity contribution >= 4 is 23.5 Å². The van der Waals surface area contributed by atoms with E-state index in [4.69, 9.17) is 0 Å². The Balaban J connectivity index is 2.13. The molecule has 0 atom stereocenters. The Labute approximate surface area is 73.7 Å². The van der Waals surface area contributed by atoms with E-state index in [1.54, 1.807) is 57.6 Å². The van der Waals surface area contributed by atoms with Crippen LogP contribution in [0, 0.1) is 0 Å². The van der Waals surface area contributed by atoms with Crippen LogP contribution in [-0.2, 0) is 0 Å². The normalized spacial score (nSPS) is 24.4. The molecule has 11 heavy (non-hydrogen) atoms. The van der Waals surface area contributed by atoms with Crippen molar-refractivity contribution in [3.63, 3.8) is 0 Å². The molecule has 0 N–H and O–H groups in total.